The predicted octanol–water partition coefficient (Wildman–Crippen LogP) is 1.75. The van der Waals surface area contributed by atoms with Crippen LogP contribution in [-0.2, 0) is 11.2 Å². The number of aliphatic carboxylic acids is 1. The number of hydrogen-bond donors (Lipinski definition) is 1. The number of carboxylic acids is 1. The van der Waals surface area contributed by atoms with Crippen LogP contribution >= 0.6 is 0 Å². The largest absolute Gasteiger partial charge is 0.493 e. The van der Waals surface area contributed by atoms with E-state index in [2.05, 4.69) is 4.98 Å². The van der Waals surface area contributed by atoms with Crippen molar-refractivity contribution in [1.29, 1.82) is 0 Å². The molecular formula is C12H17NO4. The van der Waals surface area contributed by atoms with Crippen LogP contribution in [0.1, 0.15) is 19.0 Å². The summed E-state index contributed by atoms with van der Waals surface area (Å²) < 4.78 is 10.4. The highest BCUT2D eigenvalue weighted by atomic mass is 16.5. The van der Waals surface area contributed by atoms with Crippen LogP contribution in [0, 0.1) is 5.92 Å². The summed E-state index contributed by atoms with van der Waals surface area (Å²) in [5, 5.41) is 9.02. The summed E-state index contributed by atoms with van der Waals surface area (Å²) in [7, 11) is 3.06. The van der Waals surface area contributed by atoms with Crippen LogP contribution in [-0.4, -0.2) is 30.3 Å². The van der Waals surface area contributed by atoms with Crippen LogP contribution < -0.4 is 9.47 Å². The van der Waals surface area contributed by atoms with Crippen molar-refractivity contribution in [3.63, 3.8) is 0 Å². The van der Waals surface area contributed by atoms with Gasteiger partial charge in [0.05, 0.1) is 25.8 Å². The van der Waals surface area contributed by atoms with Crippen molar-refractivity contribution in [2.45, 2.75) is 19.8 Å². The molecule has 1 heterocycles. The lowest BCUT2D eigenvalue weighted by Gasteiger charge is -2.14. The van der Waals surface area contributed by atoms with Crippen molar-refractivity contribution in [3.8, 4) is 11.5 Å². The van der Waals surface area contributed by atoms with Crippen molar-refractivity contribution in [2.75, 3.05) is 14.2 Å². The highest BCUT2D eigenvalue weighted by Crippen LogP contribution is 2.30. The summed E-state index contributed by atoms with van der Waals surface area (Å²) >= 11 is 0. The van der Waals surface area contributed by atoms with E-state index in [9.17, 15) is 4.79 Å². The van der Waals surface area contributed by atoms with Gasteiger partial charge < -0.3 is 14.6 Å². The van der Waals surface area contributed by atoms with Gasteiger partial charge in [-0.1, -0.05) is 6.92 Å². The van der Waals surface area contributed by atoms with Gasteiger partial charge in [0, 0.05) is 18.7 Å². The molecule has 0 radical (unpaired) electrons. The fourth-order valence-electron chi connectivity index (χ4n) is 1.64. The van der Waals surface area contributed by atoms with E-state index in [1.807, 2.05) is 6.92 Å². The number of carboxylic acid groups (broad SMARTS) is 1. The Balaban J connectivity index is 3.01. The van der Waals surface area contributed by atoms with Crippen molar-refractivity contribution in [3.05, 3.63) is 18.0 Å². The molecule has 1 unspecified atom stereocenters. The van der Waals surface area contributed by atoms with Crippen LogP contribution in [0.2, 0.25) is 0 Å². The lowest BCUT2D eigenvalue weighted by molar-refractivity contribution is -0.141. The number of aromatic nitrogens is 1. The first-order valence-electron chi connectivity index (χ1n) is 5.42. The maximum Gasteiger partial charge on any atom is 0.306 e. The van der Waals surface area contributed by atoms with Gasteiger partial charge in [-0.25, -0.2) is 0 Å². The molecule has 0 saturated carbocycles. The lowest BCUT2D eigenvalue weighted by Crippen LogP contribution is -2.16. The molecule has 1 aromatic heterocycles. The van der Waals surface area contributed by atoms with E-state index >= 15 is 0 Å². The summed E-state index contributed by atoms with van der Waals surface area (Å²) in [4.78, 5) is 15.1. The number of hydrogen-bond acceptors (Lipinski definition) is 4. The second kappa shape index (κ2) is 6.08. The molecule has 1 rings (SSSR count). The summed E-state index contributed by atoms with van der Waals surface area (Å²) in [6.45, 7) is 1.84. The first-order chi connectivity index (χ1) is 8.13. The molecule has 17 heavy (non-hydrogen) atoms. The maximum absolute atomic E-state index is 11.0. The fraction of sp³-hybridized carbons (Fsp3) is 0.500. The van der Waals surface area contributed by atoms with Gasteiger partial charge in [-0.15, -0.1) is 0 Å². The third-order valence-corrected chi connectivity index (χ3v) is 2.65. The zero-order valence-electron chi connectivity index (χ0n) is 10.3. The Morgan fingerprint density at radius 1 is 1.47 bits per heavy atom. The number of carbonyl (C=O) groups is 1. The second-order valence-corrected chi connectivity index (χ2v) is 3.64. The van der Waals surface area contributed by atoms with Crippen LogP contribution in [0.4, 0.5) is 0 Å². The molecule has 0 aliphatic rings. The molecule has 5 heteroatoms. The Morgan fingerprint density at radius 3 is 2.65 bits per heavy atom. The number of pyridine rings is 1. The van der Waals surface area contributed by atoms with Gasteiger partial charge in [0.2, 0.25) is 0 Å². The minimum Gasteiger partial charge on any atom is -0.493 e. The molecule has 94 valence electrons. The second-order valence-electron chi connectivity index (χ2n) is 3.64. The summed E-state index contributed by atoms with van der Waals surface area (Å²) in [5.74, 6) is -0.199. The molecule has 0 aromatic carbocycles. The van der Waals surface area contributed by atoms with Crippen molar-refractivity contribution >= 4 is 5.97 Å². The molecule has 0 bridgehead atoms. The maximum atomic E-state index is 11.0. The van der Waals surface area contributed by atoms with Gasteiger partial charge in [-0.05, 0) is 6.42 Å². The van der Waals surface area contributed by atoms with E-state index in [1.165, 1.54) is 14.2 Å². The summed E-state index contributed by atoms with van der Waals surface area (Å²) in [6.07, 6.45) is 2.48. The normalized spacial score (nSPS) is 11.9. The molecule has 0 spiro atoms. The third-order valence-electron chi connectivity index (χ3n) is 2.65. The van der Waals surface area contributed by atoms with Gasteiger partial charge in [0.15, 0.2) is 11.5 Å². The predicted molar refractivity (Wildman–Crippen MR) is 62.5 cm³/mol. The number of ether oxygens (including phenoxy) is 2. The molecule has 1 N–H and O–H groups in total. The Morgan fingerprint density at radius 2 is 2.18 bits per heavy atom. The van der Waals surface area contributed by atoms with Gasteiger partial charge >= 0.3 is 5.97 Å². The van der Waals surface area contributed by atoms with Crippen LogP contribution in [0.3, 0.4) is 0 Å². The highest BCUT2D eigenvalue weighted by Gasteiger charge is 2.20. The molecule has 1 atom stereocenters. The van der Waals surface area contributed by atoms with Gasteiger partial charge in [0.25, 0.3) is 0 Å². The Hall–Kier alpha value is -1.78. The Bertz CT molecular complexity index is 392. The first kappa shape index (κ1) is 13.3. The molecule has 1 aromatic rings. The SMILES string of the molecule is CCC(Cc1nccc(OC)c1OC)C(=O)O. The number of methoxy groups -OCH3 is 2. The average molecular weight is 239 g/mol. The summed E-state index contributed by atoms with van der Waals surface area (Å²) in [5.41, 5.74) is 0.612. The van der Waals surface area contributed by atoms with Crippen molar-refractivity contribution in [2.24, 2.45) is 5.92 Å². The Kier molecular flexibility index (Phi) is 4.75. The minimum absolute atomic E-state index is 0.339. The zero-order chi connectivity index (χ0) is 12.8. The average Bonchev–Trinajstić information content (AvgIpc) is 2.34. The molecule has 0 fully saturated rings. The zero-order valence-corrected chi connectivity index (χ0v) is 10.3. The Labute approximate surface area is 100 Å². The fourth-order valence-corrected chi connectivity index (χ4v) is 1.64. The van der Waals surface area contributed by atoms with Crippen LogP contribution in [0.5, 0.6) is 11.5 Å². The molecular weight excluding hydrogens is 222 g/mol. The quantitative estimate of drug-likeness (QED) is 0.819. The van der Waals surface area contributed by atoms with Crippen molar-refractivity contribution in [1.82, 2.24) is 4.98 Å². The van der Waals surface area contributed by atoms with E-state index in [4.69, 9.17) is 14.6 Å². The summed E-state index contributed by atoms with van der Waals surface area (Å²) in [6, 6.07) is 1.68. The van der Waals surface area contributed by atoms with Crippen LogP contribution in [0.15, 0.2) is 12.3 Å². The lowest BCUT2D eigenvalue weighted by atomic mass is 10.00. The molecule has 0 saturated heterocycles. The van der Waals surface area contributed by atoms with Crippen molar-refractivity contribution < 1.29 is 19.4 Å². The molecule has 0 amide bonds. The first-order valence-corrected chi connectivity index (χ1v) is 5.42. The monoisotopic (exact) mass is 239 g/mol. The van der Waals surface area contributed by atoms with E-state index in [0.29, 0.717) is 30.0 Å². The van der Waals surface area contributed by atoms with E-state index < -0.39 is 11.9 Å². The topological polar surface area (TPSA) is 68.7 Å². The van der Waals surface area contributed by atoms with E-state index in [-0.39, 0.29) is 0 Å². The minimum atomic E-state index is -0.820. The van der Waals surface area contributed by atoms with Gasteiger partial charge in [-0.2, -0.15) is 0 Å². The number of rotatable bonds is 6. The smallest absolute Gasteiger partial charge is 0.306 e. The standard InChI is InChI=1S/C12H17NO4/c1-4-8(12(14)15)7-9-11(17-3)10(16-2)5-6-13-9/h5-6,8H,4,7H2,1-3H3,(H,14,15). The van der Waals surface area contributed by atoms with Crippen LogP contribution in [0.25, 0.3) is 0 Å². The van der Waals surface area contributed by atoms with Gasteiger partial charge in [0.1, 0.15) is 0 Å². The van der Waals surface area contributed by atoms with E-state index in [0.717, 1.165) is 0 Å². The molecule has 0 aliphatic heterocycles. The highest BCUT2D eigenvalue weighted by molar-refractivity contribution is 5.70. The third kappa shape index (κ3) is 3.09. The van der Waals surface area contributed by atoms with E-state index in [1.54, 1.807) is 12.3 Å². The van der Waals surface area contributed by atoms with Gasteiger partial charge in [-0.3, -0.25) is 9.78 Å². The molecule has 5 nitrogen and oxygen atoms in total. The molecule has 0 aliphatic carbocycles. The number of nitrogens with zero attached hydrogens (tertiary/aromatic N) is 1.